The van der Waals surface area contributed by atoms with Gasteiger partial charge in [-0.05, 0) is 33.8 Å². The molecule has 0 atom stereocenters. The molecule has 2 aromatic heterocycles. The molecule has 0 radical (unpaired) electrons. The number of hydrogen-bond donors (Lipinski definition) is 2. The third-order valence-electron chi connectivity index (χ3n) is 3.71. The van der Waals surface area contributed by atoms with Crippen molar-refractivity contribution in [2.45, 2.75) is 39.1 Å². The lowest BCUT2D eigenvalue weighted by Crippen LogP contribution is -2.39. The second-order valence-electron chi connectivity index (χ2n) is 6.12. The number of guanidine groups is 1. The first-order valence-corrected chi connectivity index (χ1v) is 11.9. The molecule has 0 aliphatic heterocycles. The Morgan fingerprint density at radius 2 is 2.04 bits per heavy atom. The van der Waals surface area contributed by atoms with E-state index in [1.807, 2.05) is 45.0 Å². The highest BCUT2D eigenvalue weighted by Gasteiger charge is 2.18. The van der Waals surface area contributed by atoms with Crippen LogP contribution in [0.4, 0.5) is 0 Å². The molecule has 0 bridgehead atoms. The molecule has 0 unspecified atom stereocenters. The summed E-state index contributed by atoms with van der Waals surface area (Å²) in [6.45, 7) is 9.69. The summed E-state index contributed by atoms with van der Waals surface area (Å²) in [6, 6.07) is 1.71. The summed E-state index contributed by atoms with van der Waals surface area (Å²) in [4.78, 5) is 13.1. The van der Waals surface area contributed by atoms with Crippen molar-refractivity contribution in [3.63, 3.8) is 0 Å². The zero-order valence-corrected chi connectivity index (χ0v) is 21.6. The molecular formula is C17H28IN5O2S3. The summed E-state index contributed by atoms with van der Waals surface area (Å²) in [7, 11) is -1.56. The maximum absolute atomic E-state index is 12.4. The Kier molecular flexibility index (Phi) is 10.3. The largest absolute Gasteiger partial charge is 0.357 e. The van der Waals surface area contributed by atoms with Crippen molar-refractivity contribution in [1.82, 2.24) is 19.9 Å². The van der Waals surface area contributed by atoms with Crippen LogP contribution < -0.4 is 10.0 Å². The fraction of sp³-hybridized carbons (Fsp3) is 0.529. The molecule has 0 spiro atoms. The lowest BCUT2D eigenvalue weighted by molar-refractivity contribution is 0.471. The van der Waals surface area contributed by atoms with Crippen LogP contribution in [0.15, 0.2) is 21.3 Å². The van der Waals surface area contributed by atoms with Gasteiger partial charge in [0.1, 0.15) is 0 Å². The Labute approximate surface area is 192 Å². The quantitative estimate of drug-likeness (QED) is 0.226. The molecule has 11 heteroatoms. The molecule has 0 aliphatic carbocycles. The number of sulfonamides is 1. The maximum Gasteiger partial charge on any atom is 0.241 e. The highest BCUT2D eigenvalue weighted by Crippen LogP contribution is 2.24. The molecule has 158 valence electrons. The topological polar surface area (TPSA) is 86.7 Å². The Bertz CT molecular complexity index is 892. The third-order valence-corrected chi connectivity index (χ3v) is 7.22. The van der Waals surface area contributed by atoms with Crippen molar-refractivity contribution in [3.05, 3.63) is 31.9 Å². The van der Waals surface area contributed by atoms with Gasteiger partial charge in [0.2, 0.25) is 10.0 Å². The standard InChI is InChI=1S/C17H27N5O2S3.HI/c1-6-18-17(22(5)10-15-11-25-14(4)21-15)19-7-8-20-27(23,24)16-9-12(2)26-13(16)3;/h9,11,20H,6-8,10H2,1-5H3,(H,18,19);1H. The van der Waals surface area contributed by atoms with Gasteiger partial charge in [0.15, 0.2) is 5.96 Å². The molecule has 2 aromatic rings. The van der Waals surface area contributed by atoms with E-state index in [0.717, 1.165) is 33.0 Å². The number of rotatable bonds is 8. The van der Waals surface area contributed by atoms with Crippen LogP contribution in [0.3, 0.4) is 0 Å². The molecule has 0 aliphatic rings. The average Bonchev–Trinajstić information content (AvgIpc) is 3.15. The summed E-state index contributed by atoms with van der Waals surface area (Å²) in [6.07, 6.45) is 0. The lowest BCUT2D eigenvalue weighted by atomic mass is 10.4. The number of nitrogens with one attached hydrogen (secondary N) is 2. The van der Waals surface area contributed by atoms with Gasteiger partial charge >= 0.3 is 0 Å². The first-order chi connectivity index (χ1) is 12.7. The monoisotopic (exact) mass is 557 g/mol. The molecule has 0 amide bonds. The first kappa shape index (κ1) is 25.3. The number of nitrogens with zero attached hydrogens (tertiary/aromatic N) is 3. The number of aromatic nitrogens is 1. The van der Waals surface area contributed by atoms with Gasteiger partial charge in [-0.25, -0.2) is 18.1 Å². The molecule has 7 nitrogen and oxygen atoms in total. The Morgan fingerprint density at radius 3 is 2.57 bits per heavy atom. The van der Waals surface area contributed by atoms with E-state index in [-0.39, 0.29) is 30.5 Å². The van der Waals surface area contributed by atoms with Crippen LogP contribution in [-0.4, -0.2) is 50.9 Å². The second-order valence-corrected chi connectivity index (χ2v) is 10.4. The predicted molar refractivity (Wildman–Crippen MR) is 129 cm³/mol. The van der Waals surface area contributed by atoms with Crippen molar-refractivity contribution in [2.75, 3.05) is 26.7 Å². The van der Waals surface area contributed by atoms with Gasteiger partial charge in [0.25, 0.3) is 0 Å². The molecule has 28 heavy (non-hydrogen) atoms. The average molecular weight is 558 g/mol. The van der Waals surface area contributed by atoms with Crippen molar-refractivity contribution < 1.29 is 8.42 Å². The normalized spacial score (nSPS) is 12.0. The molecule has 0 fully saturated rings. The van der Waals surface area contributed by atoms with Crippen LogP contribution in [0.1, 0.15) is 27.4 Å². The fourth-order valence-corrected chi connectivity index (χ4v) is 5.74. The second kappa shape index (κ2) is 11.4. The van der Waals surface area contributed by atoms with Gasteiger partial charge in [0.05, 0.1) is 28.7 Å². The Hall–Kier alpha value is -0.760. The number of halogens is 1. The van der Waals surface area contributed by atoms with Gasteiger partial charge in [0, 0.05) is 35.3 Å². The zero-order chi connectivity index (χ0) is 20.0. The number of aliphatic imine (C=N–C) groups is 1. The number of aryl methyl sites for hydroxylation is 3. The van der Waals surface area contributed by atoms with E-state index in [0.29, 0.717) is 18.0 Å². The summed E-state index contributed by atoms with van der Waals surface area (Å²) < 4.78 is 27.5. The predicted octanol–water partition coefficient (Wildman–Crippen LogP) is 3.12. The van der Waals surface area contributed by atoms with Crippen molar-refractivity contribution >= 4 is 62.6 Å². The molecule has 2 rings (SSSR count). The molecule has 2 N–H and O–H groups in total. The maximum atomic E-state index is 12.4. The van der Waals surface area contributed by atoms with Gasteiger partial charge in [-0.1, -0.05) is 0 Å². The summed E-state index contributed by atoms with van der Waals surface area (Å²) in [5, 5.41) is 6.30. The molecule has 0 aromatic carbocycles. The van der Waals surface area contributed by atoms with E-state index in [1.165, 1.54) is 11.3 Å². The fourth-order valence-electron chi connectivity index (χ4n) is 2.56. The van der Waals surface area contributed by atoms with Gasteiger partial charge in [-0.3, -0.25) is 4.99 Å². The van der Waals surface area contributed by atoms with Gasteiger partial charge < -0.3 is 10.2 Å². The SMILES string of the molecule is CCNC(=NCCNS(=O)(=O)c1cc(C)sc1C)N(C)Cc1csc(C)n1.I. The summed E-state index contributed by atoms with van der Waals surface area (Å²) >= 11 is 3.11. The van der Waals surface area contributed by atoms with E-state index in [1.54, 1.807) is 17.4 Å². The highest BCUT2D eigenvalue weighted by molar-refractivity contribution is 14.0. The molecular weight excluding hydrogens is 529 g/mol. The summed E-state index contributed by atoms with van der Waals surface area (Å²) in [5.41, 5.74) is 0.995. The van der Waals surface area contributed by atoms with E-state index < -0.39 is 10.0 Å². The van der Waals surface area contributed by atoms with Gasteiger partial charge in [-0.15, -0.1) is 46.7 Å². The van der Waals surface area contributed by atoms with Crippen molar-refractivity contribution in [1.29, 1.82) is 0 Å². The van der Waals surface area contributed by atoms with E-state index in [2.05, 4.69) is 20.0 Å². The summed E-state index contributed by atoms with van der Waals surface area (Å²) in [5.74, 6) is 0.727. The Balaban J connectivity index is 0.00000392. The van der Waals surface area contributed by atoms with Gasteiger partial charge in [-0.2, -0.15) is 0 Å². The van der Waals surface area contributed by atoms with Crippen LogP contribution in [0, 0.1) is 20.8 Å². The van der Waals surface area contributed by atoms with E-state index >= 15 is 0 Å². The van der Waals surface area contributed by atoms with E-state index in [9.17, 15) is 8.42 Å². The molecule has 2 heterocycles. The third kappa shape index (κ3) is 7.25. The molecule has 0 saturated carbocycles. The first-order valence-electron chi connectivity index (χ1n) is 8.70. The van der Waals surface area contributed by atoms with Crippen LogP contribution in [-0.2, 0) is 16.6 Å². The number of thiazole rings is 1. The zero-order valence-electron chi connectivity index (χ0n) is 16.8. The number of hydrogen-bond acceptors (Lipinski definition) is 6. The van der Waals surface area contributed by atoms with Crippen molar-refractivity contribution in [3.8, 4) is 0 Å². The minimum absolute atomic E-state index is 0. The number of thiophene rings is 1. The smallest absolute Gasteiger partial charge is 0.241 e. The van der Waals surface area contributed by atoms with Crippen LogP contribution in [0.2, 0.25) is 0 Å². The molecule has 0 saturated heterocycles. The lowest BCUT2D eigenvalue weighted by Gasteiger charge is -2.21. The minimum Gasteiger partial charge on any atom is -0.357 e. The highest BCUT2D eigenvalue weighted by atomic mass is 127. The minimum atomic E-state index is -3.50. The van der Waals surface area contributed by atoms with Crippen LogP contribution >= 0.6 is 46.7 Å². The van der Waals surface area contributed by atoms with Crippen LogP contribution in [0.5, 0.6) is 0 Å². The van der Waals surface area contributed by atoms with Crippen molar-refractivity contribution in [2.24, 2.45) is 4.99 Å². The van der Waals surface area contributed by atoms with Crippen LogP contribution in [0.25, 0.3) is 0 Å². The van der Waals surface area contributed by atoms with E-state index in [4.69, 9.17) is 0 Å². The Morgan fingerprint density at radius 1 is 1.32 bits per heavy atom.